The molecular weight excluding hydrogens is 1220 g/mol. The molecule has 0 saturated carbocycles. The molecular formula is C74H144O17P2. The van der Waals surface area contributed by atoms with Crippen LogP contribution in [0.25, 0.3) is 0 Å². The molecule has 0 aliphatic carbocycles. The van der Waals surface area contributed by atoms with Crippen molar-refractivity contribution in [3.8, 4) is 0 Å². The number of hydrogen-bond donors (Lipinski definition) is 3. The molecule has 93 heavy (non-hydrogen) atoms. The van der Waals surface area contributed by atoms with Crippen LogP contribution in [0.2, 0.25) is 0 Å². The van der Waals surface area contributed by atoms with Crippen molar-refractivity contribution in [3.05, 3.63) is 0 Å². The van der Waals surface area contributed by atoms with Crippen molar-refractivity contribution in [1.29, 1.82) is 0 Å². The summed E-state index contributed by atoms with van der Waals surface area (Å²) in [6.07, 6.45) is 52.8. The fourth-order valence-electron chi connectivity index (χ4n) is 11.3. The van der Waals surface area contributed by atoms with Gasteiger partial charge in [0.2, 0.25) is 0 Å². The lowest BCUT2D eigenvalue weighted by molar-refractivity contribution is -0.161. The minimum absolute atomic E-state index is 0.103. The molecule has 0 aromatic carbocycles. The van der Waals surface area contributed by atoms with Crippen molar-refractivity contribution in [2.24, 2.45) is 11.8 Å². The maximum atomic E-state index is 13.1. The summed E-state index contributed by atoms with van der Waals surface area (Å²) in [6.45, 7) is 9.55. The average molecular weight is 1370 g/mol. The zero-order valence-corrected chi connectivity index (χ0v) is 62.3. The van der Waals surface area contributed by atoms with Gasteiger partial charge in [0.05, 0.1) is 26.4 Å². The Morgan fingerprint density at radius 3 is 0.817 bits per heavy atom. The fraction of sp³-hybridized carbons (Fsp3) is 0.946. The smallest absolute Gasteiger partial charge is 0.462 e. The van der Waals surface area contributed by atoms with E-state index in [1.165, 1.54) is 199 Å². The predicted octanol–water partition coefficient (Wildman–Crippen LogP) is 21.6. The van der Waals surface area contributed by atoms with Crippen LogP contribution in [0.1, 0.15) is 382 Å². The standard InChI is InChI=1S/C74H144O17P2/c1-7-10-12-14-16-18-19-20-23-27-30-34-38-45-51-57-72(77)85-62-69(90-73(78)58-52-46-39-35-31-28-25-22-21-24-26-29-33-36-42-48-54-66(4)5)64-88-92(80,81)86-60-68(75)61-87-93(82,83)89-65-70(63-84-71(76)56-50-44-37-32-17-15-13-11-8-2)91-74(79)59-53-47-41-40-43-49-55-67(6)9-3/h66-70,75H,7-65H2,1-6H3,(H,80,81)(H,82,83)/t67?,68-,69-,70-/m1/s1. The van der Waals surface area contributed by atoms with Gasteiger partial charge in [-0.15, -0.1) is 0 Å². The van der Waals surface area contributed by atoms with Crippen LogP contribution in [0, 0.1) is 11.8 Å². The molecule has 17 nitrogen and oxygen atoms in total. The summed E-state index contributed by atoms with van der Waals surface area (Å²) in [5.74, 6) is -0.592. The van der Waals surface area contributed by atoms with E-state index in [1.807, 2.05) is 0 Å². The summed E-state index contributed by atoms with van der Waals surface area (Å²) in [5, 5.41) is 10.6. The number of hydrogen-bond acceptors (Lipinski definition) is 15. The van der Waals surface area contributed by atoms with Gasteiger partial charge < -0.3 is 33.8 Å². The molecule has 0 radical (unpaired) electrons. The highest BCUT2D eigenvalue weighted by atomic mass is 31.2. The number of ether oxygens (including phenoxy) is 4. The van der Waals surface area contributed by atoms with Crippen LogP contribution in [0.5, 0.6) is 0 Å². The van der Waals surface area contributed by atoms with E-state index in [9.17, 15) is 43.2 Å². The summed E-state index contributed by atoms with van der Waals surface area (Å²) in [6, 6.07) is 0. The maximum Gasteiger partial charge on any atom is 0.472 e. The van der Waals surface area contributed by atoms with Gasteiger partial charge in [-0.2, -0.15) is 0 Å². The van der Waals surface area contributed by atoms with Gasteiger partial charge in [-0.05, 0) is 37.5 Å². The molecule has 0 aromatic rings. The zero-order chi connectivity index (χ0) is 68.6. The lowest BCUT2D eigenvalue weighted by atomic mass is 10.00. The topological polar surface area (TPSA) is 237 Å². The molecule has 0 aliphatic heterocycles. The number of carbonyl (C=O) groups is 4. The molecule has 0 aliphatic rings. The Kier molecular flexibility index (Phi) is 64.6. The molecule has 552 valence electrons. The van der Waals surface area contributed by atoms with E-state index in [2.05, 4.69) is 41.5 Å². The van der Waals surface area contributed by atoms with Crippen LogP contribution < -0.4 is 0 Å². The number of unbranched alkanes of at least 4 members (excludes halogenated alkanes) is 42. The van der Waals surface area contributed by atoms with Crippen LogP contribution in [0.3, 0.4) is 0 Å². The fourth-order valence-corrected chi connectivity index (χ4v) is 12.8. The second-order valence-electron chi connectivity index (χ2n) is 27.4. The lowest BCUT2D eigenvalue weighted by Crippen LogP contribution is -2.30. The number of phosphoric acid groups is 2. The normalized spacial score (nSPS) is 14.3. The second kappa shape index (κ2) is 66.0. The Morgan fingerprint density at radius 2 is 0.548 bits per heavy atom. The summed E-state index contributed by atoms with van der Waals surface area (Å²) < 4.78 is 68.4. The van der Waals surface area contributed by atoms with E-state index in [1.54, 1.807) is 0 Å². The van der Waals surface area contributed by atoms with Crippen LogP contribution in [0.15, 0.2) is 0 Å². The Hall–Kier alpha value is -1.94. The third-order valence-corrected chi connectivity index (χ3v) is 19.5. The van der Waals surface area contributed by atoms with E-state index in [0.717, 1.165) is 102 Å². The summed E-state index contributed by atoms with van der Waals surface area (Å²) in [4.78, 5) is 72.6. The highest BCUT2D eigenvalue weighted by Gasteiger charge is 2.30. The molecule has 0 saturated heterocycles. The highest BCUT2D eigenvalue weighted by Crippen LogP contribution is 2.45. The van der Waals surface area contributed by atoms with Gasteiger partial charge in [0.25, 0.3) is 0 Å². The largest absolute Gasteiger partial charge is 0.472 e. The Bertz CT molecular complexity index is 1810. The van der Waals surface area contributed by atoms with Crippen LogP contribution in [-0.2, 0) is 65.4 Å². The van der Waals surface area contributed by atoms with Gasteiger partial charge in [-0.25, -0.2) is 9.13 Å². The minimum atomic E-state index is -4.96. The molecule has 3 N–H and O–H groups in total. The minimum Gasteiger partial charge on any atom is -0.462 e. The van der Waals surface area contributed by atoms with Crippen molar-refractivity contribution in [2.75, 3.05) is 39.6 Å². The van der Waals surface area contributed by atoms with Crippen LogP contribution in [0.4, 0.5) is 0 Å². The first-order valence-corrected chi connectivity index (χ1v) is 41.5. The molecule has 0 aromatic heterocycles. The first kappa shape index (κ1) is 91.1. The molecule has 6 atom stereocenters. The monoisotopic (exact) mass is 1370 g/mol. The van der Waals surface area contributed by atoms with Gasteiger partial charge in [-0.1, -0.05) is 330 Å². The van der Waals surface area contributed by atoms with Gasteiger partial charge in [-0.3, -0.25) is 37.3 Å². The first-order chi connectivity index (χ1) is 44.9. The zero-order valence-electron chi connectivity index (χ0n) is 60.6. The third-order valence-electron chi connectivity index (χ3n) is 17.6. The Labute approximate surface area is 568 Å². The van der Waals surface area contributed by atoms with E-state index in [-0.39, 0.29) is 25.7 Å². The van der Waals surface area contributed by atoms with Crippen molar-refractivity contribution in [2.45, 2.75) is 400 Å². The van der Waals surface area contributed by atoms with Crippen molar-refractivity contribution >= 4 is 39.5 Å². The van der Waals surface area contributed by atoms with Gasteiger partial charge in [0, 0.05) is 25.7 Å². The molecule has 3 unspecified atom stereocenters. The number of phosphoric ester groups is 2. The maximum absolute atomic E-state index is 13.1. The van der Waals surface area contributed by atoms with E-state index in [0.29, 0.717) is 25.7 Å². The van der Waals surface area contributed by atoms with Crippen molar-refractivity contribution in [3.63, 3.8) is 0 Å². The molecule has 0 amide bonds. The van der Waals surface area contributed by atoms with E-state index in [4.69, 9.17) is 37.0 Å². The number of carbonyl (C=O) groups excluding carboxylic acids is 4. The number of aliphatic hydroxyl groups is 1. The highest BCUT2D eigenvalue weighted by molar-refractivity contribution is 7.47. The van der Waals surface area contributed by atoms with Crippen LogP contribution >= 0.6 is 15.6 Å². The van der Waals surface area contributed by atoms with Crippen molar-refractivity contribution in [1.82, 2.24) is 0 Å². The molecule has 0 rings (SSSR count). The number of rotatable bonds is 73. The number of esters is 4. The van der Waals surface area contributed by atoms with E-state index < -0.39 is 97.5 Å². The second-order valence-corrected chi connectivity index (χ2v) is 30.3. The SMILES string of the molecule is CCCCCCCCCCCCCCCCCC(=O)OC[C@H](COP(=O)(O)OC[C@@H](O)COP(=O)(O)OC[C@@H](COC(=O)CCCCCCCCCCC)OC(=O)CCCCCCCCC(C)CC)OC(=O)CCCCCCCCCCCCCCCCCCC(C)C. The average Bonchev–Trinajstić information content (AvgIpc) is 3.38. The van der Waals surface area contributed by atoms with Crippen LogP contribution in [-0.4, -0.2) is 96.7 Å². The summed E-state index contributed by atoms with van der Waals surface area (Å²) in [7, 11) is -9.90. The summed E-state index contributed by atoms with van der Waals surface area (Å²) in [5.41, 5.74) is 0. The molecule has 0 bridgehead atoms. The molecule has 19 heteroatoms. The van der Waals surface area contributed by atoms with Crippen molar-refractivity contribution < 1.29 is 80.2 Å². The van der Waals surface area contributed by atoms with Gasteiger partial charge in [0.15, 0.2) is 12.2 Å². The lowest BCUT2D eigenvalue weighted by Gasteiger charge is -2.21. The van der Waals surface area contributed by atoms with Gasteiger partial charge >= 0.3 is 39.5 Å². The van der Waals surface area contributed by atoms with E-state index >= 15 is 0 Å². The molecule has 0 heterocycles. The molecule has 0 fully saturated rings. The van der Waals surface area contributed by atoms with Gasteiger partial charge in [0.1, 0.15) is 19.3 Å². The first-order valence-electron chi connectivity index (χ1n) is 38.5. The third kappa shape index (κ3) is 67.0. The Balaban J connectivity index is 5.21. The molecule has 0 spiro atoms. The Morgan fingerprint density at radius 1 is 0.312 bits per heavy atom. The predicted molar refractivity (Wildman–Crippen MR) is 377 cm³/mol. The summed E-state index contributed by atoms with van der Waals surface area (Å²) >= 11 is 0. The number of aliphatic hydroxyl groups excluding tert-OH is 1. The quantitative estimate of drug-likeness (QED) is 0.0222.